The van der Waals surface area contributed by atoms with Gasteiger partial charge in [-0.15, -0.1) is 11.3 Å². The number of thiazole rings is 1. The smallest absolute Gasteiger partial charge is 0.265 e. The Bertz CT molecular complexity index is 509. The lowest BCUT2D eigenvalue weighted by Crippen LogP contribution is -2.54. The van der Waals surface area contributed by atoms with Gasteiger partial charge in [0.2, 0.25) is 0 Å². The van der Waals surface area contributed by atoms with Gasteiger partial charge in [-0.1, -0.05) is 25.6 Å². The first-order chi connectivity index (χ1) is 10.0. The second-order valence-corrected chi connectivity index (χ2v) is 6.98. The van der Waals surface area contributed by atoms with Crippen molar-refractivity contribution >= 4 is 34.5 Å². The van der Waals surface area contributed by atoms with Crippen LogP contribution >= 0.6 is 23.6 Å². The van der Waals surface area contributed by atoms with Crippen LogP contribution in [-0.4, -0.2) is 57.9 Å². The van der Waals surface area contributed by atoms with Crippen LogP contribution in [0.4, 0.5) is 0 Å². The van der Waals surface area contributed by atoms with Crippen molar-refractivity contribution < 1.29 is 4.79 Å². The number of nitrogens with two attached hydrogens (primary N) is 1. The number of aryl methyl sites for hydroxylation is 1. The molecule has 7 heteroatoms. The number of carbonyl (C=O) groups is 1. The third-order valence-corrected chi connectivity index (χ3v) is 4.94. The average Bonchev–Trinajstić information content (AvgIpc) is 2.90. The molecule has 1 fully saturated rings. The number of aromatic nitrogens is 1. The van der Waals surface area contributed by atoms with Crippen LogP contribution in [-0.2, 0) is 0 Å². The maximum Gasteiger partial charge on any atom is 0.265 e. The molecule has 116 valence electrons. The molecule has 1 aliphatic heterocycles. The summed E-state index contributed by atoms with van der Waals surface area (Å²) in [6.07, 6.45) is 3.71. The normalized spacial score (nSPS) is 17.7. The van der Waals surface area contributed by atoms with E-state index >= 15 is 0 Å². The molecule has 1 saturated heterocycles. The predicted molar refractivity (Wildman–Crippen MR) is 89.8 cm³/mol. The number of carbonyl (C=O) groups excluding carboxylic acids is 1. The molecule has 0 radical (unpaired) electrons. The number of amides is 1. The Morgan fingerprint density at radius 2 is 2.14 bits per heavy atom. The van der Waals surface area contributed by atoms with Crippen LogP contribution in [0.25, 0.3) is 0 Å². The highest BCUT2D eigenvalue weighted by molar-refractivity contribution is 7.80. The molecule has 1 unspecified atom stereocenters. The van der Waals surface area contributed by atoms with Crippen molar-refractivity contribution in [2.24, 2.45) is 5.73 Å². The minimum Gasteiger partial charge on any atom is -0.392 e. The molecule has 2 N–H and O–H groups in total. The second-order valence-electron chi connectivity index (χ2n) is 5.28. The van der Waals surface area contributed by atoms with E-state index in [1.165, 1.54) is 11.3 Å². The molecule has 0 saturated carbocycles. The minimum atomic E-state index is 0.0858. The van der Waals surface area contributed by atoms with Gasteiger partial charge in [0.15, 0.2) is 0 Å². The van der Waals surface area contributed by atoms with Gasteiger partial charge in [-0.05, 0) is 13.3 Å². The number of hydrogen-bond acceptors (Lipinski definition) is 5. The first kappa shape index (κ1) is 16.3. The van der Waals surface area contributed by atoms with Crippen LogP contribution in [0.5, 0.6) is 0 Å². The fraction of sp³-hybridized carbons (Fsp3) is 0.643. The summed E-state index contributed by atoms with van der Waals surface area (Å²) in [7, 11) is 0. The molecule has 1 aliphatic rings. The zero-order chi connectivity index (χ0) is 15.4. The van der Waals surface area contributed by atoms with E-state index in [2.05, 4.69) is 16.8 Å². The van der Waals surface area contributed by atoms with Gasteiger partial charge in [0.25, 0.3) is 5.91 Å². The summed E-state index contributed by atoms with van der Waals surface area (Å²) in [5.74, 6) is 0.0858. The summed E-state index contributed by atoms with van der Waals surface area (Å²) < 4.78 is 0. The largest absolute Gasteiger partial charge is 0.392 e. The standard InChI is InChI=1S/C14H22N4OS2/c1-3-4-11(13(15)20)17-5-7-18(8-6-17)14(19)12-9-16-10(2)21-12/h9,11H,3-8H2,1-2H3,(H2,15,20). The topological polar surface area (TPSA) is 62.5 Å². The lowest BCUT2D eigenvalue weighted by molar-refractivity contribution is 0.0613. The number of nitrogens with zero attached hydrogens (tertiary/aromatic N) is 3. The molecular formula is C14H22N4OS2. The molecule has 5 nitrogen and oxygen atoms in total. The van der Waals surface area contributed by atoms with Gasteiger partial charge in [-0.3, -0.25) is 9.69 Å². The van der Waals surface area contributed by atoms with Gasteiger partial charge < -0.3 is 10.6 Å². The zero-order valence-corrected chi connectivity index (χ0v) is 14.2. The van der Waals surface area contributed by atoms with Crippen molar-refractivity contribution in [3.8, 4) is 0 Å². The quantitative estimate of drug-likeness (QED) is 0.834. The minimum absolute atomic E-state index is 0.0858. The molecule has 1 amide bonds. The Morgan fingerprint density at radius 1 is 1.48 bits per heavy atom. The summed E-state index contributed by atoms with van der Waals surface area (Å²) in [5, 5.41) is 0.925. The third-order valence-electron chi connectivity index (χ3n) is 3.76. The molecule has 2 heterocycles. The Balaban J connectivity index is 1.93. The van der Waals surface area contributed by atoms with Crippen LogP contribution in [0, 0.1) is 6.92 Å². The molecule has 2 rings (SSSR count). The molecule has 0 aliphatic carbocycles. The lowest BCUT2D eigenvalue weighted by atomic mass is 10.1. The van der Waals surface area contributed by atoms with Crippen LogP contribution in [0.1, 0.15) is 34.4 Å². The maximum absolute atomic E-state index is 12.4. The molecule has 0 spiro atoms. The highest BCUT2D eigenvalue weighted by Gasteiger charge is 2.28. The van der Waals surface area contributed by atoms with E-state index in [0.29, 0.717) is 4.99 Å². The van der Waals surface area contributed by atoms with Crippen molar-refractivity contribution in [2.75, 3.05) is 26.2 Å². The lowest BCUT2D eigenvalue weighted by Gasteiger charge is -2.38. The van der Waals surface area contributed by atoms with Crippen molar-refractivity contribution in [3.63, 3.8) is 0 Å². The van der Waals surface area contributed by atoms with Crippen LogP contribution in [0.2, 0.25) is 0 Å². The van der Waals surface area contributed by atoms with Crippen LogP contribution in [0.3, 0.4) is 0 Å². The summed E-state index contributed by atoms with van der Waals surface area (Å²) in [5.41, 5.74) is 5.84. The highest BCUT2D eigenvalue weighted by atomic mass is 32.1. The van der Waals surface area contributed by atoms with Crippen molar-refractivity contribution in [3.05, 3.63) is 16.1 Å². The molecule has 1 aromatic rings. The fourth-order valence-electron chi connectivity index (χ4n) is 2.63. The van der Waals surface area contributed by atoms with E-state index in [9.17, 15) is 4.79 Å². The first-order valence-corrected chi connectivity index (χ1v) is 8.50. The zero-order valence-electron chi connectivity index (χ0n) is 12.5. The van der Waals surface area contributed by atoms with Gasteiger partial charge >= 0.3 is 0 Å². The average molecular weight is 326 g/mol. The van der Waals surface area contributed by atoms with Crippen molar-refractivity contribution in [1.82, 2.24) is 14.8 Å². The van der Waals surface area contributed by atoms with E-state index in [0.717, 1.165) is 48.9 Å². The molecule has 0 aromatic carbocycles. The summed E-state index contributed by atoms with van der Waals surface area (Å²) >= 11 is 6.63. The van der Waals surface area contributed by atoms with Crippen molar-refractivity contribution in [2.45, 2.75) is 32.7 Å². The van der Waals surface area contributed by atoms with Crippen LogP contribution < -0.4 is 5.73 Å². The third kappa shape index (κ3) is 3.99. The van der Waals surface area contributed by atoms with Crippen molar-refractivity contribution in [1.29, 1.82) is 0 Å². The number of thiocarbonyl (C=S) groups is 1. The van der Waals surface area contributed by atoms with E-state index in [1.54, 1.807) is 6.20 Å². The summed E-state index contributed by atoms with van der Waals surface area (Å²) in [6.45, 7) is 7.14. The Labute approximate surface area is 135 Å². The van der Waals surface area contributed by atoms with E-state index in [4.69, 9.17) is 18.0 Å². The SMILES string of the molecule is CCCC(C(N)=S)N1CCN(C(=O)c2cnc(C)s2)CC1. The Kier molecular flexibility index (Phi) is 5.66. The van der Waals surface area contributed by atoms with Gasteiger partial charge in [0.1, 0.15) is 4.88 Å². The predicted octanol–water partition coefficient (Wildman–Crippen LogP) is 1.66. The molecule has 1 aromatic heterocycles. The molecule has 0 bridgehead atoms. The maximum atomic E-state index is 12.4. The van der Waals surface area contributed by atoms with Gasteiger partial charge in [-0.25, -0.2) is 4.98 Å². The van der Waals surface area contributed by atoms with Gasteiger partial charge in [0.05, 0.1) is 22.2 Å². The highest BCUT2D eigenvalue weighted by Crippen LogP contribution is 2.17. The number of hydrogen-bond donors (Lipinski definition) is 1. The van der Waals surface area contributed by atoms with E-state index in [1.807, 2.05) is 11.8 Å². The molecular weight excluding hydrogens is 304 g/mol. The summed E-state index contributed by atoms with van der Waals surface area (Å²) in [6, 6.07) is 0.160. The van der Waals surface area contributed by atoms with E-state index < -0.39 is 0 Å². The summed E-state index contributed by atoms with van der Waals surface area (Å²) in [4.78, 5) is 22.0. The monoisotopic (exact) mass is 326 g/mol. The Morgan fingerprint density at radius 3 is 2.62 bits per heavy atom. The number of rotatable bonds is 5. The molecule has 21 heavy (non-hydrogen) atoms. The van der Waals surface area contributed by atoms with E-state index in [-0.39, 0.29) is 11.9 Å². The first-order valence-electron chi connectivity index (χ1n) is 7.28. The fourth-order valence-corrected chi connectivity index (χ4v) is 3.64. The number of piperazine rings is 1. The van der Waals surface area contributed by atoms with Gasteiger partial charge in [-0.2, -0.15) is 0 Å². The molecule has 1 atom stereocenters. The van der Waals surface area contributed by atoms with Crippen LogP contribution in [0.15, 0.2) is 6.20 Å². The van der Waals surface area contributed by atoms with Gasteiger partial charge in [0, 0.05) is 26.2 Å². The second kappa shape index (κ2) is 7.29. The Hall–Kier alpha value is -1.05.